The van der Waals surface area contributed by atoms with Gasteiger partial charge in [0.15, 0.2) is 0 Å². The summed E-state index contributed by atoms with van der Waals surface area (Å²) in [7, 11) is 1.28. The molecule has 2 heterocycles. The number of esters is 1. The number of carbonyl (C=O) groups is 2. The first kappa shape index (κ1) is 20.9. The van der Waals surface area contributed by atoms with E-state index in [1.54, 1.807) is 10.9 Å². The number of H-pyrrole nitrogens is 1. The molecule has 9 heteroatoms. The maximum absolute atomic E-state index is 12.3. The van der Waals surface area contributed by atoms with E-state index >= 15 is 0 Å². The van der Waals surface area contributed by atoms with Gasteiger partial charge in [-0.15, -0.1) is 5.10 Å². The molecular weight excluding hydrogens is 398 g/mol. The fraction of sp³-hybridized carbons (Fsp3) is 0.227. The summed E-state index contributed by atoms with van der Waals surface area (Å²) >= 11 is 0. The van der Waals surface area contributed by atoms with Gasteiger partial charge in [-0.1, -0.05) is 23.4 Å². The van der Waals surface area contributed by atoms with Crippen LogP contribution in [0.3, 0.4) is 0 Å². The van der Waals surface area contributed by atoms with Crippen molar-refractivity contribution in [2.45, 2.75) is 25.6 Å². The number of aromatic amines is 1. The second-order valence-corrected chi connectivity index (χ2v) is 7.06. The van der Waals surface area contributed by atoms with E-state index in [-0.39, 0.29) is 13.0 Å². The highest BCUT2D eigenvalue weighted by Crippen LogP contribution is 2.24. The van der Waals surface area contributed by atoms with Crippen LogP contribution in [0.15, 0.2) is 36.7 Å². The zero-order valence-corrected chi connectivity index (χ0v) is 16.9. The predicted molar refractivity (Wildman–Crippen MR) is 112 cm³/mol. The van der Waals surface area contributed by atoms with E-state index in [2.05, 4.69) is 20.6 Å². The molecule has 3 aromatic rings. The number of alkyl carbamates (subject to hydrolysis) is 1. The van der Waals surface area contributed by atoms with Crippen LogP contribution in [0.4, 0.5) is 4.79 Å². The van der Waals surface area contributed by atoms with Gasteiger partial charge in [0.1, 0.15) is 18.3 Å². The average molecular weight is 420 g/mol. The number of aromatic nitrogens is 4. The quantitative estimate of drug-likeness (QED) is 0.541. The molecule has 5 radical (unpaired) electrons. The molecule has 2 N–H and O–H groups in total. The monoisotopic (exact) mass is 420 g/mol. The van der Waals surface area contributed by atoms with Crippen molar-refractivity contribution in [3.8, 4) is 0 Å². The Morgan fingerprint density at radius 3 is 2.84 bits per heavy atom. The predicted octanol–water partition coefficient (Wildman–Crippen LogP) is 2.18. The number of hydrogen-bond donors (Lipinski definition) is 2. The zero-order chi connectivity index (χ0) is 21.6. The third-order valence-electron chi connectivity index (χ3n) is 4.89. The number of methoxy groups -OCH3 is 1. The summed E-state index contributed by atoms with van der Waals surface area (Å²) in [5.41, 5.74) is 2.35. The Hall–Kier alpha value is -3.36. The number of ether oxygens (including phenoxy) is 2. The molecule has 1 aromatic carbocycles. The lowest BCUT2D eigenvalue weighted by molar-refractivity contribution is -0.142. The van der Waals surface area contributed by atoms with E-state index in [1.165, 1.54) is 7.11 Å². The third-order valence-corrected chi connectivity index (χ3v) is 4.89. The van der Waals surface area contributed by atoms with Crippen LogP contribution in [0.2, 0.25) is 0 Å². The lowest BCUT2D eigenvalue weighted by Gasteiger charge is -2.16. The number of benzene rings is 1. The van der Waals surface area contributed by atoms with Crippen molar-refractivity contribution in [1.29, 1.82) is 0 Å². The minimum atomic E-state index is -0.885. The van der Waals surface area contributed by atoms with Crippen LogP contribution in [0.1, 0.15) is 11.3 Å². The molecule has 1 atom stereocenters. The van der Waals surface area contributed by atoms with Crippen molar-refractivity contribution in [2.75, 3.05) is 7.11 Å². The topological polar surface area (TPSA) is 111 Å². The molecular formula is C22H22N5O4. The van der Waals surface area contributed by atoms with E-state index in [1.807, 2.05) is 56.1 Å². The molecule has 4 rings (SSSR count). The molecule has 9 nitrogen and oxygen atoms in total. The Kier molecular flexibility index (Phi) is 6.49. The van der Waals surface area contributed by atoms with Gasteiger partial charge in [0.2, 0.25) is 0 Å². The Balaban J connectivity index is 1.32. The van der Waals surface area contributed by atoms with Crippen molar-refractivity contribution < 1.29 is 19.1 Å². The number of carbonyl (C=O) groups excluding carboxylic acids is 2. The van der Waals surface area contributed by atoms with Gasteiger partial charge in [-0.25, -0.2) is 9.59 Å². The highest BCUT2D eigenvalue weighted by atomic mass is 16.6. The van der Waals surface area contributed by atoms with Crippen LogP contribution >= 0.6 is 0 Å². The highest BCUT2D eigenvalue weighted by molar-refractivity contribution is 5.86. The van der Waals surface area contributed by atoms with E-state index < -0.39 is 18.1 Å². The standard InChI is InChI=1S/C22H22N5O4/c1-30-21(28)20(10-16-11-23-19-9-5-4-8-18(16)19)24-22(29)31-14-17-13-27(26-25-17)12-15-6-2-3-7-15/h2-9,11,13,20,23H,10,12,14H2,1H3,(H,24,29)/t20-/m0/s1. The molecule has 1 amide bonds. The second-order valence-electron chi connectivity index (χ2n) is 7.06. The van der Waals surface area contributed by atoms with Crippen molar-refractivity contribution in [2.24, 2.45) is 0 Å². The fourth-order valence-corrected chi connectivity index (χ4v) is 3.37. The maximum atomic E-state index is 12.3. The van der Waals surface area contributed by atoms with Gasteiger partial charge in [-0.05, 0) is 37.3 Å². The van der Waals surface area contributed by atoms with Gasteiger partial charge in [0.05, 0.1) is 13.3 Å². The molecule has 1 aliphatic rings. The lowest BCUT2D eigenvalue weighted by Crippen LogP contribution is -2.43. The number of fused-ring (bicyclic) bond motifs is 1. The molecule has 0 unspecified atom stereocenters. The Labute approximate surface area is 180 Å². The summed E-state index contributed by atoms with van der Waals surface area (Å²) in [6.45, 7) is 0.523. The number of hydrogen-bond acceptors (Lipinski definition) is 6. The van der Waals surface area contributed by atoms with Crippen molar-refractivity contribution in [1.82, 2.24) is 25.3 Å². The molecule has 31 heavy (non-hydrogen) atoms. The van der Waals surface area contributed by atoms with Crippen LogP contribution in [0, 0.1) is 31.6 Å². The number of para-hydroxylation sites is 1. The number of nitrogens with one attached hydrogen (secondary N) is 2. The van der Waals surface area contributed by atoms with Crippen molar-refractivity contribution in [3.05, 3.63) is 79.5 Å². The number of amides is 1. The fourth-order valence-electron chi connectivity index (χ4n) is 3.37. The molecule has 159 valence electrons. The summed E-state index contributed by atoms with van der Waals surface area (Å²) in [6.07, 6.45) is 11.0. The van der Waals surface area contributed by atoms with Crippen LogP contribution in [0.5, 0.6) is 0 Å². The normalized spacial score (nSPS) is 15.1. The summed E-state index contributed by atoms with van der Waals surface area (Å²) in [5, 5.41) is 11.6. The molecule has 0 aliphatic heterocycles. The van der Waals surface area contributed by atoms with Crippen molar-refractivity contribution >= 4 is 23.0 Å². The van der Waals surface area contributed by atoms with Crippen LogP contribution in [-0.2, 0) is 33.8 Å². The molecule has 2 aromatic heterocycles. The van der Waals surface area contributed by atoms with Gasteiger partial charge >= 0.3 is 12.1 Å². The highest BCUT2D eigenvalue weighted by Gasteiger charge is 2.24. The Morgan fingerprint density at radius 2 is 2.03 bits per heavy atom. The molecule has 0 spiro atoms. The van der Waals surface area contributed by atoms with Crippen LogP contribution in [-0.4, -0.2) is 45.2 Å². The Bertz CT molecular complexity index is 1040. The molecule has 1 fully saturated rings. The third kappa shape index (κ3) is 5.22. The summed E-state index contributed by atoms with van der Waals surface area (Å²) < 4.78 is 11.7. The second kappa shape index (κ2) is 9.63. The minimum Gasteiger partial charge on any atom is -0.467 e. The zero-order valence-electron chi connectivity index (χ0n) is 16.9. The first-order valence-electron chi connectivity index (χ1n) is 9.78. The SMILES string of the molecule is COC(=O)[C@H](Cc1c[nH]c2ccccc12)NC(=O)OCc1cn(C[C]2[CH][CH][CH][CH]2)nn1. The van der Waals surface area contributed by atoms with Gasteiger partial charge in [0.25, 0.3) is 0 Å². The molecule has 0 saturated heterocycles. The van der Waals surface area contributed by atoms with E-state index in [0.717, 1.165) is 22.4 Å². The summed E-state index contributed by atoms with van der Waals surface area (Å²) in [5.74, 6) is 0.552. The number of nitrogens with zero attached hydrogens (tertiary/aromatic N) is 3. The van der Waals surface area contributed by atoms with Gasteiger partial charge < -0.3 is 19.8 Å². The van der Waals surface area contributed by atoms with Crippen molar-refractivity contribution in [3.63, 3.8) is 0 Å². The first-order valence-corrected chi connectivity index (χ1v) is 9.78. The molecule has 1 aliphatic carbocycles. The van der Waals surface area contributed by atoms with Gasteiger partial charge in [-0.2, -0.15) is 0 Å². The Morgan fingerprint density at radius 1 is 1.23 bits per heavy atom. The van der Waals surface area contributed by atoms with Crippen LogP contribution < -0.4 is 5.32 Å². The maximum Gasteiger partial charge on any atom is 0.408 e. The smallest absolute Gasteiger partial charge is 0.408 e. The summed E-state index contributed by atoms with van der Waals surface area (Å²) in [4.78, 5) is 27.7. The van der Waals surface area contributed by atoms with Crippen LogP contribution in [0.25, 0.3) is 10.9 Å². The summed E-state index contributed by atoms with van der Waals surface area (Å²) in [6, 6.07) is 6.85. The average Bonchev–Trinajstić information content (AvgIpc) is 3.54. The molecule has 0 bridgehead atoms. The van der Waals surface area contributed by atoms with E-state index in [9.17, 15) is 9.59 Å². The molecule has 1 saturated carbocycles. The van der Waals surface area contributed by atoms with E-state index in [0.29, 0.717) is 12.2 Å². The van der Waals surface area contributed by atoms with Gasteiger partial charge in [0, 0.05) is 36.0 Å². The minimum absolute atomic E-state index is 0.0617. The first-order chi connectivity index (χ1) is 15.1. The largest absolute Gasteiger partial charge is 0.467 e. The van der Waals surface area contributed by atoms with E-state index in [4.69, 9.17) is 9.47 Å². The number of rotatable bonds is 8. The lowest BCUT2D eigenvalue weighted by atomic mass is 10.1. The van der Waals surface area contributed by atoms with Gasteiger partial charge in [-0.3, -0.25) is 4.68 Å².